The van der Waals surface area contributed by atoms with E-state index in [1.807, 2.05) is 0 Å². The number of halogens is 1. The van der Waals surface area contributed by atoms with Gasteiger partial charge in [0.25, 0.3) is 10.0 Å². The Morgan fingerprint density at radius 2 is 1.96 bits per heavy atom. The zero-order valence-corrected chi connectivity index (χ0v) is 17.0. The zero-order valence-electron chi connectivity index (χ0n) is 14.7. The lowest BCUT2D eigenvalue weighted by Gasteiger charge is -2.13. The first-order chi connectivity index (χ1) is 12.0. The van der Waals surface area contributed by atoms with Crippen molar-refractivity contribution in [1.29, 1.82) is 0 Å². The van der Waals surface area contributed by atoms with E-state index in [1.54, 1.807) is 39.0 Å². The summed E-state index contributed by atoms with van der Waals surface area (Å²) in [6.45, 7) is 5.01. The molecule has 2 heterocycles. The maximum absolute atomic E-state index is 12.9. The van der Waals surface area contributed by atoms with Gasteiger partial charge in [-0.05, 0) is 51.0 Å². The van der Waals surface area contributed by atoms with Crippen LogP contribution in [0.15, 0.2) is 23.1 Å². The van der Waals surface area contributed by atoms with Crippen LogP contribution in [-0.2, 0) is 19.9 Å². The molecule has 1 aromatic carbocycles. The number of hydrogen-bond acceptors (Lipinski definition) is 5. The average Bonchev–Trinajstić information content (AvgIpc) is 3.01. The van der Waals surface area contributed by atoms with E-state index in [-0.39, 0.29) is 22.4 Å². The summed E-state index contributed by atoms with van der Waals surface area (Å²) in [6, 6.07) is 4.55. The Morgan fingerprint density at radius 1 is 1.27 bits per heavy atom. The molecule has 1 aliphatic rings. The van der Waals surface area contributed by atoms with Crippen LogP contribution in [0.4, 0.5) is 5.69 Å². The topological polar surface area (TPSA) is 98.1 Å². The molecule has 26 heavy (non-hydrogen) atoms. The van der Waals surface area contributed by atoms with Crippen LogP contribution in [0.1, 0.15) is 29.4 Å². The number of aromatic nitrogens is 2. The summed E-state index contributed by atoms with van der Waals surface area (Å²) in [5.41, 5.74) is 1.91. The lowest BCUT2D eigenvalue weighted by atomic mass is 10.2. The van der Waals surface area contributed by atoms with Crippen molar-refractivity contribution in [3.8, 4) is 0 Å². The Bertz CT molecular complexity index is 1080. The van der Waals surface area contributed by atoms with Gasteiger partial charge in [-0.15, -0.1) is 0 Å². The maximum Gasteiger partial charge on any atom is 0.265 e. The molecule has 10 heteroatoms. The normalized spacial score (nSPS) is 19.6. The molecule has 1 N–H and O–H groups in total. The third-order valence-corrected chi connectivity index (χ3v) is 8.12. The van der Waals surface area contributed by atoms with Crippen LogP contribution in [-0.4, -0.2) is 38.1 Å². The second kappa shape index (κ2) is 6.54. The quantitative estimate of drug-likeness (QED) is 0.824. The number of sulfone groups is 1. The van der Waals surface area contributed by atoms with Crippen molar-refractivity contribution >= 4 is 37.1 Å². The SMILES string of the molecule is Cc1cc(Cl)ccc1NS(=O)(=O)c1c(C)nn(C2CCS(=O)(=O)C2)c1C. The van der Waals surface area contributed by atoms with Crippen LogP contribution in [0.5, 0.6) is 0 Å². The molecule has 0 bridgehead atoms. The van der Waals surface area contributed by atoms with Crippen molar-refractivity contribution in [2.45, 2.75) is 38.1 Å². The predicted octanol–water partition coefficient (Wildman–Crippen LogP) is 2.62. The molecule has 142 valence electrons. The molecule has 0 spiro atoms. The summed E-state index contributed by atoms with van der Waals surface area (Å²) >= 11 is 5.92. The van der Waals surface area contributed by atoms with Crippen LogP contribution < -0.4 is 4.72 Å². The fraction of sp³-hybridized carbons (Fsp3) is 0.438. The lowest BCUT2D eigenvalue weighted by Crippen LogP contribution is -2.17. The third-order valence-electron chi connectivity index (χ3n) is 4.51. The van der Waals surface area contributed by atoms with Gasteiger partial charge in [0.1, 0.15) is 4.90 Å². The highest BCUT2D eigenvalue weighted by Crippen LogP contribution is 2.30. The van der Waals surface area contributed by atoms with Gasteiger partial charge in [0.2, 0.25) is 0 Å². The van der Waals surface area contributed by atoms with E-state index < -0.39 is 19.9 Å². The van der Waals surface area contributed by atoms with E-state index in [0.29, 0.717) is 34.1 Å². The minimum Gasteiger partial charge on any atom is -0.279 e. The summed E-state index contributed by atoms with van der Waals surface area (Å²) < 4.78 is 53.4. The number of rotatable bonds is 4. The van der Waals surface area contributed by atoms with E-state index in [4.69, 9.17) is 11.6 Å². The van der Waals surface area contributed by atoms with Crippen molar-refractivity contribution < 1.29 is 16.8 Å². The van der Waals surface area contributed by atoms with Crippen LogP contribution in [0.3, 0.4) is 0 Å². The summed E-state index contributed by atoms with van der Waals surface area (Å²) in [4.78, 5) is 0.0798. The highest BCUT2D eigenvalue weighted by molar-refractivity contribution is 7.93. The zero-order chi connectivity index (χ0) is 19.3. The Labute approximate surface area is 158 Å². The Morgan fingerprint density at radius 3 is 2.54 bits per heavy atom. The highest BCUT2D eigenvalue weighted by atomic mass is 35.5. The molecular formula is C16H20ClN3O4S2. The number of nitrogens with zero attached hydrogens (tertiary/aromatic N) is 2. The molecule has 1 aliphatic heterocycles. The second-order valence-electron chi connectivity index (χ2n) is 6.57. The van der Waals surface area contributed by atoms with Crippen molar-refractivity contribution in [3.63, 3.8) is 0 Å². The molecule has 7 nitrogen and oxygen atoms in total. The number of anilines is 1. The molecule has 3 rings (SSSR count). The Balaban J connectivity index is 1.98. The van der Waals surface area contributed by atoms with Crippen LogP contribution >= 0.6 is 11.6 Å². The summed E-state index contributed by atoms with van der Waals surface area (Å²) in [5, 5.41) is 4.84. The summed E-state index contributed by atoms with van der Waals surface area (Å²) in [6.07, 6.45) is 0.438. The van der Waals surface area contributed by atoms with Gasteiger partial charge in [-0.3, -0.25) is 9.40 Å². The standard InChI is InChI=1S/C16H20ClN3O4S2/c1-10-8-13(17)4-5-15(10)19-26(23,24)16-11(2)18-20(12(16)3)14-6-7-25(21,22)9-14/h4-5,8,14,19H,6-7,9H2,1-3H3. The van der Waals surface area contributed by atoms with Gasteiger partial charge < -0.3 is 0 Å². The number of sulfonamides is 1. The second-order valence-corrected chi connectivity index (χ2v) is 10.9. The van der Waals surface area contributed by atoms with E-state index in [2.05, 4.69) is 9.82 Å². The first kappa shape index (κ1) is 19.2. The van der Waals surface area contributed by atoms with Gasteiger partial charge in [0.05, 0.1) is 34.6 Å². The first-order valence-corrected chi connectivity index (χ1v) is 11.7. The molecule has 0 saturated carbocycles. The molecule has 0 radical (unpaired) electrons. The number of hydrogen-bond donors (Lipinski definition) is 1. The lowest BCUT2D eigenvalue weighted by molar-refractivity contribution is 0.484. The van der Waals surface area contributed by atoms with E-state index in [9.17, 15) is 16.8 Å². The fourth-order valence-electron chi connectivity index (χ4n) is 3.30. The van der Waals surface area contributed by atoms with Crippen molar-refractivity contribution in [2.24, 2.45) is 0 Å². The minimum atomic E-state index is -3.87. The molecule has 0 amide bonds. The van der Waals surface area contributed by atoms with E-state index in [0.717, 1.165) is 0 Å². The molecule has 1 aromatic heterocycles. The van der Waals surface area contributed by atoms with Crippen molar-refractivity contribution in [1.82, 2.24) is 9.78 Å². The average molecular weight is 418 g/mol. The smallest absolute Gasteiger partial charge is 0.265 e. The third kappa shape index (κ3) is 3.60. The molecule has 2 aromatic rings. The molecule has 1 saturated heterocycles. The molecule has 0 aliphatic carbocycles. The first-order valence-electron chi connectivity index (χ1n) is 8.05. The van der Waals surface area contributed by atoms with Gasteiger partial charge in [0, 0.05) is 5.02 Å². The Kier molecular flexibility index (Phi) is 4.83. The maximum atomic E-state index is 12.9. The van der Waals surface area contributed by atoms with Crippen LogP contribution in [0, 0.1) is 20.8 Å². The largest absolute Gasteiger partial charge is 0.279 e. The van der Waals surface area contributed by atoms with Gasteiger partial charge in [-0.1, -0.05) is 11.6 Å². The van der Waals surface area contributed by atoms with Crippen LogP contribution in [0.25, 0.3) is 0 Å². The number of nitrogens with one attached hydrogen (secondary N) is 1. The Hall–Kier alpha value is -1.58. The van der Waals surface area contributed by atoms with Crippen LogP contribution in [0.2, 0.25) is 5.02 Å². The summed E-state index contributed by atoms with van der Waals surface area (Å²) in [7, 11) is -6.97. The number of aryl methyl sites for hydroxylation is 2. The monoisotopic (exact) mass is 417 g/mol. The minimum absolute atomic E-state index is 0.0157. The molecular weight excluding hydrogens is 398 g/mol. The van der Waals surface area contributed by atoms with E-state index >= 15 is 0 Å². The van der Waals surface area contributed by atoms with Gasteiger partial charge in [-0.25, -0.2) is 16.8 Å². The molecule has 1 unspecified atom stereocenters. The predicted molar refractivity (Wildman–Crippen MR) is 101 cm³/mol. The summed E-state index contributed by atoms with van der Waals surface area (Å²) in [5.74, 6) is 0.0818. The van der Waals surface area contributed by atoms with Crippen molar-refractivity contribution in [2.75, 3.05) is 16.2 Å². The number of benzene rings is 1. The van der Waals surface area contributed by atoms with Gasteiger partial charge in [0.15, 0.2) is 9.84 Å². The van der Waals surface area contributed by atoms with Gasteiger partial charge >= 0.3 is 0 Å². The highest BCUT2D eigenvalue weighted by Gasteiger charge is 2.33. The van der Waals surface area contributed by atoms with Gasteiger partial charge in [-0.2, -0.15) is 5.10 Å². The molecule has 1 atom stereocenters. The fourth-order valence-corrected chi connectivity index (χ4v) is 6.75. The van der Waals surface area contributed by atoms with E-state index in [1.165, 1.54) is 4.68 Å². The van der Waals surface area contributed by atoms with Crippen molar-refractivity contribution in [3.05, 3.63) is 40.2 Å². The molecule has 1 fully saturated rings.